The van der Waals surface area contributed by atoms with Crippen LogP contribution in [0.5, 0.6) is 0 Å². The van der Waals surface area contributed by atoms with Crippen LogP contribution < -0.4 is 16.2 Å². The third-order valence-electron chi connectivity index (χ3n) is 5.64. The maximum atomic E-state index is 11.7. The molecule has 0 radical (unpaired) electrons. The summed E-state index contributed by atoms with van der Waals surface area (Å²) in [6, 6.07) is 0.658. The number of rotatable bonds is 7. The number of hydrazine groups is 1. The van der Waals surface area contributed by atoms with Crippen LogP contribution in [0.25, 0.3) is 0 Å². The van der Waals surface area contributed by atoms with E-state index in [4.69, 9.17) is 11.6 Å². The van der Waals surface area contributed by atoms with Gasteiger partial charge in [0.2, 0.25) is 0 Å². The van der Waals surface area contributed by atoms with Crippen molar-refractivity contribution < 1.29 is 4.79 Å². The zero-order valence-corrected chi connectivity index (χ0v) is 16.3. The van der Waals surface area contributed by atoms with Crippen LogP contribution in [0.4, 0.5) is 0 Å². The molecular weight excluding hydrogens is 326 g/mol. The summed E-state index contributed by atoms with van der Waals surface area (Å²) < 4.78 is 0. The highest BCUT2D eigenvalue weighted by atomic mass is 35.5. The number of alkyl halides is 1. The van der Waals surface area contributed by atoms with E-state index in [-0.39, 0.29) is 11.9 Å². The Balaban J connectivity index is 1.86. The lowest BCUT2D eigenvalue weighted by molar-refractivity contribution is -0.125. The first kappa shape index (κ1) is 19.9. The van der Waals surface area contributed by atoms with Gasteiger partial charge in [0.25, 0.3) is 5.91 Å². The van der Waals surface area contributed by atoms with Gasteiger partial charge >= 0.3 is 0 Å². The number of carbonyl (C=O) groups excluding carboxylic acids is 1. The van der Waals surface area contributed by atoms with Crippen LogP contribution in [0, 0.1) is 11.8 Å². The molecule has 0 aromatic heterocycles. The van der Waals surface area contributed by atoms with E-state index in [2.05, 4.69) is 53.8 Å². The molecule has 2 heterocycles. The van der Waals surface area contributed by atoms with Gasteiger partial charge in [-0.25, -0.2) is 5.43 Å². The van der Waals surface area contributed by atoms with E-state index in [1.54, 1.807) is 0 Å². The van der Waals surface area contributed by atoms with E-state index < -0.39 is 5.38 Å². The van der Waals surface area contributed by atoms with E-state index in [1.165, 1.54) is 0 Å². The van der Waals surface area contributed by atoms with Crippen molar-refractivity contribution in [3.05, 3.63) is 0 Å². The van der Waals surface area contributed by atoms with Crippen molar-refractivity contribution in [1.29, 1.82) is 0 Å². The summed E-state index contributed by atoms with van der Waals surface area (Å²) in [7, 11) is 2.07. The first-order valence-electron chi connectivity index (χ1n) is 9.28. The number of hydrogen-bond acceptors (Lipinski definition) is 5. The second kappa shape index (κ2) is 9.34. The Morgan fingerprint density at radius 3 is 2.50 bits per heavy atom. The minimum absolute atomic E-state index is 0.0872. The molecule has 0 aromatic carbocycles. The molecule has 4 atom stereocenters. The van der Waals surface area contributed by atoms with Gasteiger partial charge in [-0.05, 0) is 25.3 Å². The fraction of sp³-hybridized carbons (Fsp3) is 0.941. The molecule has 0 saturated carbocycles. The van der Waals surface area contributed by atoms with Crippen LogP contribution in [-0.2, 0) is 4.79 Å². The Labute approximate surface area is 151 Å². The third-order valence-corrected chi connectivity index (χ3v) is 6.13. The van der Waals surface area contributed by atoms with Gasteiger partial charge in [-0.15, -0.1) is 11.6 Å². The molecule has 140 valence electrons. The van der Waals surface area contributed by atoms with Crippen molar-refractivity contribution in [3.8, 4) is 0 Å². The summed E-state index contributed by atoms with van der Waals surface area (Å²) in [5.41, 5.74) is 5.56. The van der Waals surface area contributed by atoms with Gasteiger partial charge in [0.15, 0.2) is 0 Å². The second-order valence-electron chi connectivity index (χ2n) is 7.39. The normalized spacial score (nSPS) is 29.5. The lowest BCUT2D eigenvalue weighted by atomic mass is 9.86. The summed E-state index contributed by atoms with van der Waals surface area (Å²) in [6.07, 6.45) is 1.16. The molecule has 0 aromatic rings. The Morgan fingerprint density at radius 1 is 1.29 bits per heavy atom. The van der Waals surface area contributed by atoms with Crippen LogP contribution in [0.15, 0.2) is 0 Å². The van der Waals surface area contributed by atoms with Gasteiger partial charge in [0.05, 0.1) is 0 Å². The summed E-state index contributed by atoms with van der Waals surface area (Å²) in [4.78, 5) is 16.7. The second-order valence-corrected chi connectivity index (χ2v) is 7.86. The smallest absolute Gasteiger partial charge is 0.253 e. The van der Waals surface area contributed by atoms with Crippen LogP contribution in [0.1, 0.15) is 27.2 Å². The highest BCUT2D eigenvalue weighted by Gasteiger charge is 2.36. The molecule has 2 rings (SSSR count). The van der Waals surface area contributed by atoms with Crippen LogP contribution >= 0.6 is 11.6 Å². The Hall–Kier alpha value is -0.400. The highest BCUT2D eigenvalue weighted by Crippen LogP contribution is 2.21. The highest BCUT2D eigenvalue weighted by molar-refractivity contribution is 6.31. The largest absolute Gasteiger partial charge is 0.317 e. The average Bonchev–Trinajstić information content (AvgIpc) is 2.58. The first-order valence-corrected chi connectivity index (χ1v) is 9.72. The van der Waals surface area contributed by atoms with Gasteiger partial charge in [-0.2, -0.15) is 0 Å². The van der Waals surface area contributed by atoms with Gasteiger partial charge in [-0.1, -0.05) is 20.8 Å². The third kappa shape index (κ3) is 4.82. The molecule has 3 N–H and O–H groups in total. The molecule has 2 saturated heterocycles. The van der Waals surface area contributed by atoms with Gasteiger partial charge in [0.1, 0.15) is 5.38 Å². The maximum Gasteiger partial charge on any atom is 0.253 e. The minimum Gasteiger partial charge on any atom is -0.317 e. The summed E-state index contributed by atoms with van der Waals surface area (Å²) >= 11 is 6.29. The number of nitrogens with one attached hydrogen (secondary N) is 3. The molecule has 2 fully saturated rings. The quantitative estimate of drug-likeness (QED) is 0.577. The molecule has 0 spiro atoms. The lowest BCUT2D eigenvalue weighted by Crippen LogP contribution is -2.64. The lowest BCUT2D eigenvalue weighted by Gasteiger charge is -2.43. The van der Waals surface area contributed by atoms with Gasteiger partial charge in [0, 0.05) is 51.4 Å². The maximum absolute atomic E-state index is 11.7. The van der Waals surface area contributed by atoms with E-state index in [0.717, 1.165) is 39.1 Å². The minimum atomic E-state index is -0.463. The van der Waals surface area contributed by atoms with Crippen molar-refractivity contribution in [1.82, 2.24) is 26.0 Å². The molecule has 24 heavy (non-hydrogen) atoms. The summed E-state index contributed by atoms with van der Waals surface area (Å²) in [5.74, 6) is 1.21. The molecule has 4 unspecified atom stereocenters. The Bertz CT molecular complexity index is 396. The molecule has 0 aliphatic carbocycles. The monoisotopic (exact) mass is 359 g/mol. The Kier molecular flexibility index (Phi) is 7.75. The number of amides is 1. The predicted molar refractivity (Wildman–Crippen MR) is 99.1 cm³/mol. The Morgan fingerprint density at radius 2 is 1.96 bits per heavy atom. The molecular formula is C17H34ClN5O. The summed E-state index contributed by atoms with van der Waals surface area (Å²) in [6.45, 7) is 12.8. The number of hydrogen-bond donors (Lipinski definition) is 3. The molecule has 6 nitrogen and oxygen atoms in total. The van der Waals surface area contributed by atoms with Crippen molar-refractivity contribution >= 4 is 17.5 Å². The molecule has 1 amide bonds. The van der Waals surface area contributed by atoms with Crippen molar-refractivity contribution in [2.75, 3.05) is 46.3 Å². The fourth-order valence-corrected chi connectivity index (χ4v) is 4.31. The molecule has 2 aliphatic heterocycles. The number of halogens is 1. The van der Waals surface area contributed by atoms with Crippen LogP contribution in [0.3, 0.4) is 0 Å². The SMILES string of the molecule is CCC(NC)C(CN1CCN(C2CNNC(=O)C2Cl)CC1)C(C)C. The fourth-order valence-electron chi connectivity index (χ4n) is 4.00. The molecule has 2 aliphatic rings. The molecule has 0 bridgehead atoms. The molecule has 7 heteroatoms. The van der Waals surface area contributed by atoms with Crippen molar-refractivity contribution in [2.45, 2.75) is 44.7 Å². The predicted octanol–water partition coefficient (Wildman–Crippen LogP) is 0.485. The van der Waals surface area contributed by atoms with E-state index in [1.807, 2.05) is 0 Å². The number of nitrogens with zero attached hydrogens (tertiary/aromatic N) is 2. The average molecular weight is 360 g/mol. The van der Waals surface area contributed by atoms with E-state index in [0.29, 0.717) is 24.4 Å². The zero-order valence-electron chi connectivity index (χ0n) is 15.5. The number of carbonyl (C=O) groups is 1. The number of piperazine rings is 1. The summed E-state index contributed by atoms with van der Waals surface area (Å²) in [5, 5.41) is 3.02. The topological polar surface area (TPSA) is 59.6 Å². The van der Waals surface area contributed by atoms with Gasteiger partial charge in [-0.3, -0.25) is 15.1 Å². The van der Waals surface area contributed by atoms with Crippen LogP contribution in [-0.4, -0.2) is 79.5 Å². The van der Waals surface area contributed by atoms with Crippen LogP contribution in [0.2, 0.25) is 0 Å². The van der Waals surface area contributed by atoms with E-state index in [9.17, 15) is 4.79 Å². The van der Waals surface area contributed by atoms with Gasteiger partial charge < -0.3 is 10.2 Å². The standard InChI is InChI=1S/C17H34ClN5O/c1-5-14(19-4)13(12(2)3)11-22-6-8-23(9-7-22)15-10-20-21-17(24)16(15)18/h12-16,19-20H,5-11H2,1-4H3,(H,21,24). The first-order chi connectivity index (χ1) is 11.5. The van der Waals surface area contributed by atoms with Crippen molar-refractivity contribution in [2.24, 2.45) is 11.8 Å². The zero-order chi connectivity index (χ0) is 17.7. The van der Waals surface area contributed by atoms with E-state index >= 15 is 0 Å². The van der Waals surface area contributed by atoms with Crippen molar-refractivity contribution in [3.63, 3.8) is 0 Å².